The largest absolute Gasteiger partial charge is 0.495 e. The Morgan fingerprint density at radius 3 is 2.81 bits per heavy atom. The Bertz CT molecular complexity index is 1240. The maximum atomic E-state index is 13.0. The van der Waals surface area contributed by atoms with E-state index in [2.05, 4.69) is 26.7 Å². The van der Waals surface area contributed by atoms with E-state index in [1.165, 1.54) is 18.9 Å². The number of para-hydroxylation sites is 2. The van der Waals surface area contributed by atoms with Crippen LogP contribution in [-0.4, -0.2) is 28.9 Å². The second-order valence-electron chi connectivity index (χ2n) is 7.41. The van der Waals surface area contributed by atoms with Gasteiger partial charge in [-0.1, -0.05) is 53.7 Å². The zero-order valence-electron chi connectivity index (χ0n) is 17.6. The predicted octanol–water partition coefficient (Wildman–Crippen LogP) is 3.44. The SMILES string of the molecule is COc1ccccc1NC(=O)[C@H]1CC(=O)Nc2nc(SCc3cccc(C)c3)[nH]c(=O)c21. The summed E-state index contributed by atoms with van der Waals surface area (Å²) in [6.07, 6.45) is -0.144. The van der Waals surface area contributed by atoms with Crippen molar-refractivity contribution in [2.45, 2.75) is 30.2 Å². The molecule has 1 atom stereocenters. The van der Waals surface area contributed by atoms with Gasteiger partial charge in [-0.2, -0.15) is 0 Å². The first-order chi connectivity index (χ1) is 15.4. The van der Waals surface area contributed by atoms with Crippen LogP contribution in [0.2, 0.25) is 0 Å². The van der Waals surface area contributed by atoms with Crippen LogP contribution in [0, 0.1) is 6.92 Å². The van der Waals surface area contributed by atoms with Crippen molar-refractivity contribution in [2.75, 3.05) is 17.7 Å². The topological polar surface area (TPSA) is 113 Å². The molecule has 2 aromatic carbocycles. The summed E-state index contributed by atoms with van der Waals surface area (Å²) in [5.41, 5.74) is 2.40. The summed E-state index contributed by atoms with van der Waals surface area (Å²) in [6, 6.07) is 15.0. The van der Waals surface area contributed by atoms with E-state index in [0.29, 0.717) is 22.3 Å². The van der Waals surface area contributed by atoms with Crippen LogP contribution in [0.25, 0.3) is 0 Å². The van der Waals surface area contributed by atoms with E-state index < -0.39 is 17.4 Å². The molecule has 0 saturated heterocycles. The number of ether oxygens (including phenoxy) is 1. The second-order valence-corrected chi connectivity index (χ2v) is 8.37. The average Bonchev–Trinajstić information content (AvgIpc) is 2.77. The molecule has 0 radical (unpaired) electrons. The first-order valence-corrected chi connectivity index (χ1v) is 11.0. The average molecular weight is 451 g/mol. The van der Waals surface area contributed by atoms with Gasteiger partial charge in [0.15, 0.2) is 5.16 Å². The number of nitrogens with zero attached hydrogens (tertiary/aromatic N) is 1. The highest BCUT2D eigenvalue weighted by atomic mass is 32.2. The first-order valence-electron chi connectivity index (χ1n) is 10.0. The first kappa shape index (κ1) is 21.6. The highest BCUT2D eigenvalue weighted by Gasteiger charge is 2.35. The van der Waals surface area contributed by atoms with Crippen molar-refractivity contribution in [3.63, 3.8) is 0 Å². The van der Waals surface area contributed by atoms with Crippen molar-refractivity contribution in [1.29, 1.82) is 0 Å². The Kier molecular flexibility index (Phi) is 6.27. The molecular weight excluding hydrogens is 428 g/mol. The third kappa shape index (κ3) is 4.67. The number of hydrogen-bond donors (Lipinski definition) is 3. The van der Waals surface area contributed by atoms with Crippen molar-refractivity contribution in [1.82, 2.24) is 9.97 Å². The lowest BCUT2D eigenvalue weighted by molar-refractivity contribution is -0.123. The number of rotatable bonds is 6. The van der Waals surface area contributed by atoms with E-state index in [1.807, 2.05) is 25.1 Å². The standard InChI is InChI=1S/C23H22N4O4S/c1-13-6-5-7-14(10-13)12-32-23-26-20-19(22(30)27-23)15(11-18(28)25-20)21(29)24-16-8-3-4-9-17(16)31-2/h3-10,15H,11-12H2,1-2H3,(H,24,29)(H2,25,26,27,28,30)/t15-/m0/s1. The van der Waals surface area contributed by atoms with Crippen LogP contribution in [0.3, 0.4) is 0 Å². The lowest BCUT2D eigenvalue weighted by Crippen LogP contribution is -2.36. The number of H-pyrrole nitrogens is 1. The summed E-state index contributed by atoms with van der Waals surface area (Å²) < 4.78 is 5.26. The van der Waals surface area contributed by atoms with Gasteiger partial charge in [0.2, 0.25) is 11.8 Å². The molecule has 2 amide bonds. The van der Waals surface area contributed by atoms with Crippen LogP contribution in [0.4, 0.5) is 11.5 Å². The monoisotopic (exact) mass is 450 g/mol. The van der Waals surface area contributed by atoms with Gasteiger partial charge in [0, 0.05) is 12.2 Å². The van der Waals surface area contributed by atoms with Gasteiger partial charge in [-0.15, -0.1) is 0 Å². The van der Waals surface area contributed by atoms with Gasteiger partial charge in [0.1, 0.15) is 11.6 Å². The molecule has 8 nitrogen and oxygen atoms in total. The number of carbonyl (C=O) groups excluding carboxylic acids is 2. The fourth-order valence-corrected chi connectivity index (χ4v) is 4.37. The number of aromatic nitrogens is 2. The third-order valence-corrected chi connectivity index (χ3v) is 6.01. The smallest absolute Gasteiger partial charge is 0.257 e. The van der Waals surface area contributed by atoms with Crippen LogP contribution < -0.4 is 20.9 Å². The van der Waals surface area contributed by atoms with Gasteiger partial charge in [-0.3, -0.25) is 14.4 Å². The molecule has 0 bridgehead atoms. The van der Waals surface area contributed by atoms with Crippen molar-refractivity contribution >= 4 is 35.1 Å². The minimum atomic E-state index is -0.962. The van der Waals surface area contributed by atoms with E-state index in [1.54, 1.807) is 24.3 Å². The fourth-order valence-electron chi connectivity index (χ4n) is 3.56. The van der Waals surface area contributed by atoms with E-state index >= 15 is 0 Å². The van der Waals surface area contributed by atoms with E-state index in [4.69, 9.17) is 4.74 Å². The highest BCUT2D eigenvalue weighted by molar-refractivity contribution is 7.98. The minimum Gasteiger partial charge on any atom is -0.495 e. The number of benzene rings is 2. The Balaban J connectivity index is 1.58. The summed E-state index contributed by atoms with van der Waals surface area (Å²) in [5, 5.41) is 5.76. The maximum Gasteiger partial charge on any atom is 0.257 e. The number of nitrogens with one attached hydrogen (secondary N) is 3. The van der Waals surface area contributed by atoms with Crippen molar-refractivity contribution < 1.29 is 14.3 Å². The maximum absolute atomic E-state index is 13.0. The minimum absolute atomic E-state index is 0.122. The van der Waals surface area contributed by atoms with Gasteiger partial charge in [0.25, 0.3) is 5.56 Å². The van der Waals surface area contributed by atoms with E-state index in [-0.39, 0.29) is 23.7 Å². The quantitative estimate of drug-likeness (QED) is 0.392. The number of aromatic amines is 1. The Hall–Kier alpha value is -3.59. The molecule has 1 aliphatic heterocycles. The molecule has 1 aliphatic rings. The molecule has 0 saturated carbocycles. The molecule has 164 valence electrons. The highest BCUT2D eigenvalue weighted by Crippen LogP contribution is 2.32. The van der Waals surface area contributed by atoms with Crippen LogP contribution in [0.5, 0.6) is 5.75 Å². The second kappa shape index (κ2) is 9.27. The zero-order valence-corrected chi connectivity index (χ0v) is 18.4. The summed E-state index contributed by atoms with van der Waals surface area (Å²) in [4.78, 5) is 45.3. The molecule has 4 rings (SSSR count). The normalized spacial score (nSPS) is 14.9. The number of anilines is 2. The molecule has 9 heteroatoms. The number of amides is 2. The van der Waals surface area contributed by atoms with Crippen molar-refractivity contribution in [3.05, 3.63) is 75.6 Å². The molecular formula is C23H22N4O4S. The zero-order chi connectivity index (χ0) is 22.7. The van der Waals surface area contributed by atoms with Crippen molar-refractivity contribution in [3.8, 4) is 5.75 Å². The molecule has 0 aliphatic carbocycles. The van der Waals surface area contributed by atoms with E-state index in [0.717, 1.165) is 11.1 Å². The Morgan fingerprint density at radius 1 is 1.22 bits per heavy atom. The molecule has 0 fully saturated rings. The summed E-state index contributed by atoms with van der Waals surface area (Å²) in [6.45, 7) is 2.01. The number of methoxy groups -OCH3 is 1. The van der Waals surface area contributed by atoms with Crippen LogP contribution in [-0.2, 0) is 15.3 Å². The van der Waals surface area contributed by atoms with Gasteiger partial charge in [-0.25, -0.2) is 4.98 Å². The van der Waals surface area contributed by atoms with E-state index in [9.17, 15) is 14.4 Å². The lowest BCUT2D eigenvalue weighted by atomic mass is 9.92. The lowest BCUT2D eigenvalue weighted by Gasteiger charge is -2.23. The van der Waals surface area contributed by atoms with Crippen molar-refractivity contribution in [2.24, 2.45) is 0 Å². The number of aryl methyl sites for hydroxylation is 1. The van der Waals surface area contributed by atoms with Gasteiger partial charge >= 0.3 is 0 Å². The van der Waals surface area contributed by atoms with Crippen LogP contribution in [0.1, 0.15) is 29.0 Å². The number of thioether (sulfide) groups is 1. The van der Waals surface area contributed by atoms with Crippen LogP contribution >= 0.6 is 11.8 Å². The Labute approximate surface area is 188 Å². The van der Waals surface area contributed by atoms with Gasteiger partial charge < -0.3 is 20.4 Å². The van der Waals surface area contributed by atoms with Crippen LogP contribution in [0.15, 0.2) is 58.5 Å². The fraction of sp³-hybridized carbons (Fsp3) is 0.217. The summed E-state index contributed by atoms with van der Waals surface area (Å²) in [7, 11) is 1.50. The summed E-state index contributed by atoms with van der Waals surface area (Å²) >= 11 is 1.35. The summed E-state index contributed by atoms with van der Waals surface area (Å²) in [5.74, 6) is -0.595. The molecule has 3 N–H and O–H groups in total. The third-order valence-electron chi connectivity index (χ3n) is 5.07. The number of carbonyl (C=O) groups is 2. The molecule has 32 heavy (non-hydrogen) atoms. The number of hydrogen-bond acceptors (Lipinski definition) is 6. The molecule has 2 heterocycles. The molecule has 3 aromatic rings. The number of fused-ring (bicyclic) bond motifs is 1. The molecule has 0 unspecified atom stereocenters. The Morgan fingerprint density at radius 2 is 2.03 bits per heavy atom. The van der Waals surface area contributed by atoms with Gasteiger partial charge in [-0.05, 0) is 24.6 Å². The van der Waals surface area contributed by atoms with Gasteiger partial charge in [0.05, 0.1) is 24.3 Å². The molecule has 0 spiro atoms. The molecule has 1 aromatic heterocycles. The predicted molar refractivity (Wildman–Crippen MR) is 123 cm³/mol.